The van der Waals surface area contributed by atoms with Crippen LogP contribution in [0.1, 0.15) is 55.2 Å². The summed E-state index contributed by atoms with van der Waals surface area (Å²) in [5.41, 5.74) is 2.81. The maximum absolute atomic E-state index is 13.5. The first kappa shape index (κ1) is 27.2. The number of likely N-dealkylation sites (tertiary alicyclic amines) is 1. The van der Waals surface area contributed by atoms with Gasteiger partial charge in [-0.25, -0.2) is 0 Å². The van der Waals surface area contributed by atoms with Crippen LogP contribution in [0.2, 0.25) is 0 Å². The van der Waals surface area contributed by atoms with E-state index < -0.39 is 11.7 Å². The maximum atomic E-state index is 13.5. The molecule has 2 aliphatic rings. The molecule has 0 N–H and O–H groups in total. The quantitative estimate of drug-likeness (QED) is 0.322. The number of aryl methyl sites for hydroxylation is 1. The fourth-order valence-electron chi connectivity index (χ4n) is 5.81. The Morgan fingerprint density at radius 1 is 0.974 bits per heavy atom. The van der Waals surface area contributed by atoms with Crippen molar-refractivity contribution in [1.29, 1.82) is 0 Å². The lowest BCUT2D eigenvalue weighted by Crippen LogP contribution is -2.48. The zero-order chi connectivity index (χ0) is 27.4. The second-order valence-electron chi connectivity index (χ2n) is 10.7. The van der Waals surface area contributed by atoms with Gasteiger partial charge in [0.1, 0.15) is 0 Å². The van der Waals surface area contributed by atoms with Crippen molar-refractivity contribution in [3.05, 3.63) is 83.6 Å². The molecular formula is C31H35F3N4O. The third kappa shape index (κ3) is 6.79. The summed E-state index contributed by atoms with van der Waals surface area (Å²) in [4.78, 5) is 18.0. The van der Waals surface area contributed by atoms with Gasteiger partial charge in [0, 0.05) is 56.6 Å². The molecule has 1 aromatic heterocycles. The zero-order valence-corrected chi connectivity index (χ0v) is 22.3. The lowest BCUT2D eigenvalue weighted by molar-refractivity contribution is -0.137. The van der Waals surface area contributed by atoms with Crippen molar-refractivity contribution < 1.29 is 18.0 Å². The number of piperidine rings is 1. The highest BCUT2D eigenvalue weighted by Crippen LogP contribution is 2.30. The normalized spacial score (nSPS) is 17.7. The van der Waals surface area contributed by atoms with Crippen molar-refractivity contribution in [3.63, 3.8) is 0 Å². The third-order valence-corrected chi connectivity index (χ3v) is 8.04. The predicted octanol–water partition coefficient (Wildman–Crippen LogP) is 6.55. The Bertz CT molecular complexity index is 1270. The van der Waals surface area contributed by atoms with E-state index in [0.717, 1.165) is 54.9 Å². The molecule has 39 heavy (non-hydrogen) atoms. The van der Waals surface area contributed by atoms with E-state index in [9.17, 15) is 18.0 Å². The molecule has 5 nitrogen and oxygen atoms in total. The number of nitrogens with zero attached hydrogens (tertiary/aromatic N) is 4. The smallest absolute Gasteiger partial charge is 0.332 e. The van der Waals surface area contributed by atoms with Gasteiger partial charge in [-0.2, -0.15) is 18.3 Å². The van der Waals surface area contributed by atoms with E-state index in [-0.39, 0.29) is 11.9 Å². The molecule has 1 saturated heterocycles. The second kappa shape index (κ2) is 11.8. The number of carbonyl (C=O) groups is 1. The summed E-state index contributed by atoms with van der Waals surface area (Å²) in [6.45, 7) is 2.45. The van der Waals surface area contributed by atoms with Gasteiger partial charge < -0.3 is 9.80 Å². The molecule has 0 unspecified atom stereocenters. The molecule has 5 rings (SSSR count). The lowest BCUT2D eigenvalue weighted by Gasteiger charge is -2.40. The largest absolute Gasteiger partial charge is 0.416 e. The van der Waals surface area contributed by atoms with Crippen LogP contribution in [0, 0.1) is 0 Å². The molecule has 8 heteroatoms. The Balaban J connectivity index is 1.30. The number of amides is 1. The predicted molar refractivity (Wildman–Crippen MR) is 147 cm³/mol. The first-order valence-corrected chi connectivity index (χ1v) is 13.8. The summed E-state index contributed by atoms with van der Waals surface area (Å²) >= 11 is 0. The average molecular weight is 537 g/mol. The van der Waals surface area contributed by atoms with Gasteiger partial charge in [-0.05, 0) is 61.1 Å². The first-order chi connectivity index (χ1) is 18.8. The Morgan fingerprint density at radius 2 is 1.64 bits per heavy atom. The van der Waals surface area contributed by atoms with E-state index >= 15 is 0 Å². The Labute approximate surface area is 227 Å². The molecule has 0 atom stereocenters. The van der Waals surface area contributed by atoms with Crippen LogP contribution in [0.25, 0.3) is 17.3 Å². The van der Waals surface area contributed by atoms with E-state index in [1.54, 1.807) is 10.8 Å². The number of hydrogen-bond donors (Lipinski definition) is 0. The van der Waals surface area contributed by atoms with Crippen LogP contribution in [0.4, 0.5) is 13.2 Å². The molecule has 1 amide bonds. The topological polar surface area (TPSA) is 41.4 Å². The minimum atomic E-state index is -4.38. The van der Waals surface area contributed by atoms with Crippen LogP contribution in [0.5, 0.6) is 0 Å². The van der Waals surface area contributed by atoms with Crippen molar-refractivity contribution in [3.8, 4) is 11.3 Å². The van der Waals surface area contributed by atoms with Gasteiger partial charge in [0.05, 0.1) is 11.3 Å². The molecule has 0 spiro atoms. The monoisotopic (exact) mass is 536 g/mol. The lowest BCUT2D eigenvalue weighted by atomic mass is 9.99. The molecule has 2 heterocycles. The highest BCUT2D eigenvalue weighted by atomic mass is 19.4. The van der Waals surface area contributed by atoms with Gasteiger partial charge >= 0.3 is 6.18 Å². The van der Waals surface area contributed by atoms with Gasteiger partial charge in [-0.15, -0.1) is 0 Å². The number of carbonyl (C=O) groups excluding carboxylic acids is 1. The van der Waals surface area contributed by atoms with Crippen LogP contribution in [0.15, 0.2) is 66.9 Å². The fourth-order valence-corrected chi connectivity index (χ4v) is 5.81. The molecule has 1 aliphatic heterocycles. The summed E-state index contributed by atoms with van der Waals surface area (Å²) in [6.07, 6.45) is 7.61. The molecule has 2 aromatic carbocycles. The van der Waals surface area contributed by atoms with Crippen molar-refractivity contribution in [2.45, 2.75) is 63.3 Å². The van der Waals surface area contributed by atoms with Gasteiger partial charge in [0.25, 0.3) is 0 Å². The number of alkyl halides is 3. The number of aromatic nitrogens is 2. The number of benzene rings is 2. The third-order valence-electron chi connectivity index (χ3n) is 8.04. The van der Waals surface area contributed by atoms with Crippen molar-refractivity contribution >= 4 is 12.0 Å². The van der Waals surface area contributed by atoms with Gasteiger partial charge in [0.15, 0.2) is 0 Å². The second-order valence-corrected chi connectivity index (χ2v) is 10.7. The SMILES string of the molecule is Cn1ccc(-c2ccc(CN(C(=O)C=Cc3ccc(C(F)(F)F)cc3)C3CCN(C4CCCC4)CC3)cc2)n1. The van der Waals surface area contributed by atoms with Gasteiger partial charge in [-0.1, -0.05) is 49.2 Å². The van der Waals surface area contributed by atoms with Gasteiger partial charge in [-0.3, -0.25) is 9.48 Å². The van der Waals surface area contributed by atoms with Gasteiger partial charge in [0.2, 0.25) is 5.91 Å². The number of halogens is 3. The van der Waals surface area contributed by atoms with Crippen LogP contribution < -0.4 is 0 Å². The van der Waals surface area contributed by atoms with Crippen LogP contribution in [0.3, 0.4) is 0 Å². The summed E-state index contributed by atoms with van der Waals surface area (Å²) in [6, 6.07) is 15.8. The molecule has 1 saturated carbocycles. The Morgan fingerprint density at radius 3 is 2.23 bits per heavy atom. The van der Waals surface area contributed by atoms with E-state index in [2.05, 4.69) is 10.00 Å². The minimum Gasteiger partial charge on any atom is -0.332 e. The number of hydrogen-bond acceptors (Lipinski definition) is 3. The molecule has 0 radical (unpaired) electrons. The highest BCUT2D eigenvalue weighted by Gasteiger charge is 2.32. The van der Waals surface area contributed by atoms with Crippen molar-refractivity contribution in [2.24, 2.45) is 7.05 Å². The molecule has 3 aromatic rings. The van der Waals surface area contributed by atoms with E-state index in [4.69, 9.17) is 0 Å². The van der Waals surface area contributed by atoms with E-state index in [1.165, 1.54) is 43.9 Å². The first-order valence-electron chi connectivity index (χ1n) is 13.8. The van der Waals surface area contributed by atoms with Crippen molar-refractivity contribution in [1.82, 2.24) is 19.6 Å². The Kier molecular flexibility index (Phi) is 8.21. The summed E-state index contributed by atoms with van der Waals surface area (Å²) in [7, 11) is 1.89. The van der Waals surface area contributed by atoms with Crippen LogP contribution in [-0.4, -0.2) is 50.7 Å². The average Bonchev–Trinajstić information content (AvgIpc) is 3.63. The molecule has 206 valence electrons. The van der Waals surface area contributed by atoms with E-state index in [1.807, 2.05) is 48.5 Å². The molecule has 2 fully saturated rings. The minimum absolute atomic E-state index is 0.114. The van der Waals surface area contributed by atoms with Crippen LogP contribution >= 0.6 is 0 Å². The van der Waals surface area contributed by atoms with Crippen molar-refractivity contribution in [2.75, 3.05) is 13.1 Å². The number of rotatable bonds is 7. The standard InChI is InChI=1S/C31H35F3N4O/c1-36-19-18-29(35-36)25-11-6-24(7-12-25)22-38(28-16-20-37(21-17-28)27-4-2-3-5-27)30(39)15-10-23-8-13-26(14-9-23)31(32,33)34/h6-15,18-19,27-28H,2-5,16-17,20-22H2,1H3. The summed E-state index contributed by atoms with van der Waals surface area (Å²) in [5.74, 6) is -0.122. The summed E-state index contributed by atoms with van der Waals surface area (Å²) < 4.78 is 40.5. The fraction of sp³-hybridized carbons (Fsp3) is 0.419. The molecule has 0 bridgehead atoms. The molecule has 1 aliphatic carbocycles. The Hall–Kier alpha value is -3.39. The van der Waals surface area contributed by atoms with Crippen LogP contribution in [-0.2, 0) is 24.6 Å². The summed E-state index contributed by atoms with van der Waals surface area (Å²) in [5, 5.41) is 4.46. The van der Waals surface area contributed by atoms with E-state index in [0.29, 0.717) is 18.2 Å². The highest BCUT2D eigenvalue weighted by molar-refractivity contribution is 5.92. The maximum Gasteiger partial charge on any atom is 0.416 e. The zero-order valence-electron chi connectivity index (χ0n) is 22.3. The molecular weight excluding hydrogens is 501 g/mol.